The van der Waals surface area contributed by atoms with Crippen LogP contribution in [-0.2, 0) is 81.8 Å². The van der Waals surface area contributed by atoms with Crippen LogP contribution < -0.4 is 0 Å². The molecule has 0 aromatic rings. The van der Waals surface area contributed by atoms with E-state index in [9.17, 15) is 4.79 Å². The van der Waals surface area contributed by atoms with E-state index in [-0.39, 0.29) is 39.0 Å². The van der Waals surface area contributed by atoms with Crippen LogP contribution in [0.3, 0.4) is 0 Å². The van der Waals surface area contributed by atoms with E-state index in [1.807, 2.05) is 0 Å². The second-order valence-corrected chi connectivity index (χ2v) is 3.09. The van der Waals surface area contributed by atoms with Crippen molar-refractivity contribution in [2.75, 3.05) is 0 Å². The van der Waals surface area contributed by atoms with Crippen LogP contribution in [0.1, 0.15) is 0 Å². The molecule has 5 nitrogen and oxygen atoms in total. The molecule has 9 heteroatoms. The number of carbonyl (C=O) groups is 1. The quantitative estimate of drug-likeness (QED) is 0.618. The average Bonchev–Trinajstić information content (AvgIpc) is 1.68. The molecule has 0 aromatic heterocycles. The first-order valence-corrected chi connectivity index (χ1v) is 6.90. The second-order valence-electron chi connectivity index (χ2n) is 0.797. The van der Waals surface area contributed by atoms with Gasteiger partial charge in [0.25, 0.3) is 0 Å². The van der Waals surface area contributed by atoms with Crippen molar-refractivity contribution >= 4 is 6.16 Å². The van der Waals surface area contributed by atoms with Crippen molar-refractivity contribution in [3.8, 4) is 0 Å². The molecule has 10 heavy (non-hydrogen) atoms. The van der Waals surface area contributed by atoms with Crippen LogP contribution in [0.25, 0.3) is 0 Å². The van der Waals surface area contributed by atoms with E-state index in [2.05, 4.69) is 7.13 Å². The van der Waals surface area contributed by atoms with Gasteiger partial charge in [-0.1, -0.05) is 0 Å². The van der Waals surface area contributed by atoms with Crippen LogP contribution in [0.15, 0.2) is 0 Å². The molecule has 0 aliphatic carbocycles. The molecule has 2 N–H and O–H groups in total. The Balaban J connectivity index is -0.000000245. The van der Waals surface area contributed by atoms with Crippen LogP contribution in [0.5, 0.6) is 0 Å². The fraction of sp³-hybridized carbons (Fsp3) is 0. The van der Waals surface area contributed by atoms with Crippen molar-refractivity contribution < 1.29 is 94.4 Å². The molecule has 0 atom stereocenters. The van der Waals surface area contributed by atoms with Crippen LogP contribution >= 0.6 is 0 Å². The molecule has 0 spiro atoms. The Labute approximate surface area is 99.5 Å². The van der Waals surface area contributed by atoms with Gasteiger partial charge in [-0.3, -0.25) is 0 Å². The first kappa shape index (κ1) is 17.7. The Morgan fingerprint density at radius 1 is 1.10 bits per heavy atom. The molecule has 0 aromatic carbocycles. The second kappa shape index (κ2) is 13.3. The maximum Gasteiger partial charge on any atom is 0 e. The Morgan fingerprint density at radius 2 is 1.40 bits per heavy atom. The normalized spacial score (nSPS) is 5.00. The van der Waals surface area contributed by atoms with Gasteiger partial charge in [-0.2, -0.15) is 0 Å². The summed E-state index contributed by atoms with van der Waals surface area (Å²) in [6.07, 6.45) is -0.921. The van der Waals surface area contributed by atoms with Crippen molar-refractivity contribution in [1.29, 1.82) is 0 Å². The summed E-state index contributed by atoms with van der Waals surface area (Å²) in [4.78, 5) is 9.97. The fourth-order valence-electron chi connectivity index (χ4n) is 0.147. The van der Waals surface area contributed by atoms with Gasteiger partial charge >= 0.3 is 61.6 Å². The maximum absolute atomic E-state index is 9.97. The molecular formula is CH2O5Zn4. The summed E-state index contributed by atoms with van der Waals surface area (Å²) in [6.45, 7) is 0. The van der Waals surface area contributed by atoms with Crippen molar-refractivity contribution in [3.05, 3.63) is 0 Å². The summed E-state index contributed by atoms with van der Waals surface area (Å²) in [5, 5.41) is 0. The van der Waals surface area contributed by atoms with Gasteiger partial charge < -0.3 is 0 Å². The van der Waals surface area contributed by atoms with Crippen LogP contribution in [-0.4, -0.2) is 14.0 Å². The summed E-state index contributed by atoms with van der Waals surface area (Å²) in [5.74, 6) is 0. The third-order valence-corrected chi connectivity index (χ3v) is 1.90. The van der Waals surface area contributed by atoms with E-state index >= 15 is 0 Å². The van der Waals surface area contributed by atoms with Crippen LogP contribution in [0.4, 0.5) is 4.79 Å². The first-order chi connectivity index (χ1) is 3.81. The standard InChI is InChI=1S/CH2O3.2H2O.4Zn/c2-1(3)4;;;;;;/h(H2,2,3,4);2*1H2;;;;/q;;;;;2*+2/p-4. The summed E-state index contributed by atoms with van der Waals surface area (Å²) in [5.41, 5.74) is 0. The minimum absolute atomic E-state index is 0. The molecule has 0 heterocycles. The summed E-state index contributed by atoms with van der Waals surface area (Å²) < 4.78 is 24.2. The monoisotopic (exact) mass is 350 g/mol. The molecule has 44 valence electrons. The van der Waals surface area contributed by atoms with Crippen molar-refractivity contribution in [2.24, 2.45) is 0 Å². The Morgan fingerprint density at radius 3 is 1.60 bits per heavy atom. The van der Waals surface area contributed by atoms with E-state index in [0.717, 1.165) is 0 Å². The zero-order valence-electron chi connectivity index (χ0n) is 5.45. The van der Waals surface area contributed by atoms with E-state index in [1.54, 1.807) is 0 Å². The van der Waals surface area contributed by atoms with E-state index < -0.39 is 41.9 Å². The van der Waals surface area contributed by atoms with E-state index in [4.69, 9.17) is 7.87 Å². The van der Waals surface area contributed by atoms with E-state index in [0.29, 0.717) is 0 Å². The molecule has 0 rings (SSSR count). The van der Waals surface area contributed by atoms with Gasteiger partial charge in [-0.25, -0.2) is 0 Å². The van der Waals surface area contributed by atoms with Gasteiger partial charge in [0.2, 0.25) is 0 Å². The molecule has 0 unspecified atom stereocenters. The summed E-state index contributed by atoms with van der Waals surface area (Å²) in [7, 11) is 0. The van der Waals surface area contributed by atoms with Gasteiger partial charge in [0.1, 0.15) is 0 Å². The van der Waals surface area contributed by atoms with Crippen LogP contribution in [0.2, 0.25) is 0 Å². The fourth-order valence-corrected chi connectivity index (χ4v) is 1.67. The topological polar surface area (TPSA) is 76.0 Å². The first-order valence-electron chi connectivity index (χ1n) is 1.82. The Hall–Kier alpha value is 1.68. The minimum Gasteiger partial charge on any atom is 0 e. The van der Waals surface area contributed by atoms with Crippen molar-refractivity contribution in [1.82, 2.24) is 0 Å². The van der Waals surface area contributed by atoms with Gasteiger partial charge in [0.05, 0.1) is 0 Å². The van der Waals surface area contributed by atoms with Gasteiger partial charge in [-0.15, -0.1) is 0 Å². The number of hydrogen-bond acceptors (Lipinski definition) is 5. The smallest absolute Gasteiger partial charge is 0 e. The third-order valence-electron chi connectivity index (χ3n) is 0.365. The molecule has 0 saturated heterocycles. The largest absolute Gasteiger partial charge is 0 e. The zero-order valence-corrected chi connectivity index (χ0v) is 17.3. The predicted molar refractivity (Wildman–Crippen MR) is 12.0 cm³/mol. The number of rotatable bonds is 2. The molecule has 0 radical (unpaired) electrons. The van der Waals surface area contributed by atoms with Crippen molar-refractivity contribution in [2.45, 2.75) is 0 Å². The molecule has 0 bridgehead atoms. The predicted octanol–water partition coefficient (Wildman–Crippen LogP) is -1.06. The van der Waals surface area contributed by atoms with Gasteiger partial charge in [-0.05, 0) is 0 Å². The average molecular weight is 356 g/mol. The van der Waals surface area contributed by atoms with E-state index in [1.165, 1.54) is 0 Å². The Bertz CT molecular complexity index is 68.0. The minimum atomic E-state index is -2.06. The molecule has 0 saturated carbocycles. The van der Waals surface area contributed by atoms with Gasteiger partial charge in [0.15, 0.2) is 0 Å². The summed E-state index contributed by atoms with van der Waals surface area (Å²) in [6, 6.07) is 0. The SMILES string of the molecule is O=C([O][Zn][OH])[O][Zn][OH].[Zn].[Zn]. The molecule has 0 amide bonds. The Kier molecular flexibility index (Phi) is 23.5. The number of carbonyl (C=O) groups excluding carboxylic acids is 1. The number of hydrogen-bond donors (Lipinski definition) is 2. The molecule has 0 aliphatic rings. The third kappa shape index (κ3) is 12.4. The summed E-state index contributed by atoms with van der Waals surface area (Å²) >= 11 is -4.12. The maximum atomic E-state index is 9.97. The van der Waals surface area contributed by atoms with Crippen molar-refractivity contribution in [3.63, 3.8) is 0 Å². The van der Waals surface area contributed by atoms with Crippen LogP contribution in [0, 0.1) is 0 Å². The molecule has 0 aliphatic heterocycles. The molecular weight excluding hydrogens is 354 g/mol. The zero-order chi connectivity index (χ0) is 6.41. The molecule has 0 fully saturated rings. The van der Waals surface area contributed by atoms with Gasteiger partial charge in [0, 0.05) is 39.0 Å².